The van der Waals surface area contributed by atoms with Crippen LogP contribution in [0.1, 0.15) is 42.3 Å². The van der Waals surface area contributed by atoms with Crippen LogP contribution in [0.15, 0.2) is 29.9 Å². The molecule has 0 amide bonds. The molecular weight excluding hydrogens is 440 g/mol. The molecule has 8 heteroatoms. The first-order valence-corrected chi connectivity index (χ1v) is 10.8. The van der Waals surface area contributed by atoms with Gasteiger partial charge in [0, 0.05) is 12.5 Å². The summed E-state index contributed by atoms with van der Waals surface area (Å²) in [6.45, 7) is 5.88. The molecule has 0 fully saturated rings. The van der Waals surface area contributed by atoms with Gasteiger partial charge in [-0.2, -0.15) is 0 Å². The van der Waals surface area contributed by atoms with Crippen LogP contribution in [-0.4, -0.2) is 40.2 Å². The number of ketones is 1. The predicted octanol–water partition coefficient (Wildman–Crippen LogP) is 4.96. The molecule has 1 atom stereocenters. The highest BCUT2D eigenvalue weighted by molar-refractivity contribution is 6.12. The number of hydrogen-bond acceptors (Lipinski definition) is 8. The van der Waals surface area contributed by atoms with Crippen molar-refractivity contribution in [1.29, 1.82) is 0 Å². The van der Waals surface area contributed by atoms with E-state index < -0.39 is 6.29 Å². The molecule has 2 aromatic carbocycles. The minimum atomic E-state index is -0.569. The summed E-state index contributed by atoms with van der Waals surface area (Å²) >= 11 is 0. The summed E-state index contributed by atoms with van der Waals surface area (Å²) in [6.07, 6.45) is 5.11. The second-order valence-corrected chi connectivity index (χ2v) is 8.02. The van der Waals surface area contributed by atoms with E-state index in [-0.39, 0.29) is 18.1 Å². The van der Waals surface area contributed by atoms with Crippen LogP contribution in [0.4, 0.5) is 0 Å². The van der Waals surface area contributed by atoms with Crippen molar-refractivity contribution in [3.05, 3.63) is 46.5 Å². The SMILES string of the molecule is COc1cc(/C=C/C(=O)c2c(OC)c(CC=C(C)C)c(OC)c3c2OC(C)O3)cc2c1OCO2. The molecule has 2 heterocycles. The number of methoxy groups -OCH3 is 3. The monoisotopic (exact) mass is 468 g/mol. The largest absolute Gasteiger partial charge is 0.495 e. The fraction of sp³-hybridized carbons (Fsp3) is 0.346. The molecule has 180 valence electrons. The third-order valence-electron chi connectivity index (χ3n) is 5.46. The molecule has 4 rings (SSSR count). The minimum absolute atomic E-state index is 0.122. The molecular formula is C26H28O8. The number of benzene rings is 2. The Morgan fingerprint density at radius 1 is 1.00 bits per heavy atom. The zero-order chi connectivity index (χ0) is 24.4. The first-order valence-electron chi connectivity index (χ1n) is 10.8. The summed E-state index contributed by atoms with van der Waals surface area (Å²) in [4.78, 5) is 13.5. The van der Waals surface area contributed by atoms with Gasteiger partial charge in [-0.15, -0.1) is 0 Å². The molecule has 0 spiro atoms. The van der Waals surface area contributed by atoms with Gasteiger partial charge in [-0.25, -0.2) is 0 Å². The lowest BCUT2D eigenvalue weighted by Gasteiger charge is -2.18. The zero-order valence-electron chi connectivity index (χ0n) is 20.1. The molecule has 0 saturated carbocycles. The molecule has 8 nitrogen and oxygen atoms in total. The van der Waals surface area contributed by atoms with Crippen molar-refractivity contribution in [1.82, 2.24) is 0 Å². The molecule has 34 heavy (non-hydrogen) atoms. The fourth-order valence-electron chi connectivity index (χ4n) is 3.94. The van der Waals surface area contributed by atoms with Gasteiger partial charge in [-0.05, 0) is 44.0 Å². The summed E-state index contributed by atoms with van der Waals surface area (Å²) < 4.78 is 39.4. The van der Waals surface area contributed by atoms with E-state index in [0.29, 0.717) is 57.8 Å². The summed E-state index contributed by atoms with van der Waals surface area (Å²) in [5, 5.41) is 0. The van der Waals surface area contributed by atoms with Crippen molar-refractivity contribution < 1.29 is 38.0 Å². The molecule has 2 aromatic rings. The number of carbonyl (C=O) groups is 1. The number of fused-ring (bicyclic) bond motifs is 2. The van der Waals surface area contributed by atoms with Gasteiger partial charge in [-0.1, -0.05) is 17.7 Å². The van der Waals surface area contributed by atoms with Crippen LogP contribution in [0.5, 0.6) is 40.2 Å². The minimum Gasteiger partial charge on any atom is -0.495 e. The normalized spacial score (nSPS) is 15.4. The second-order valence-electron chi connectivity index (χ2n) is 8.02. The van der Waals surface area contributed by atoms with Crippen molar-refractivity contribution in [2.24, 2.45) is 0 Å². The van der Waals surface area contributed by atoms with Gasteiger partial charge in [0.1, 0.15) is 11.3 Å². The van der Waals surface area contributed by atoms with Crippen molar-refractivity contribution in [2.45, 2.75) is 33.5 Å². The van der Waals surface area contributed by atoms with Crippen LogP contribution < -0.4 is 33.2 Å². The van der Waals surface area contributed by atoms with Crippen molar-refractivity contribution in [2.75, 3.05) is 28.1 Å². The van der Waals surface area contributed by atoms with Crippen LogP contribution in [-0.2, 0) is 6.42 Å². The van der Waals surface area contributed by atoms with Crippen molar-refractivity contribution in [3.63, 3.8) is 0 Å². The van der Waals surface area contributed by atoms with Crippen LogP contribution in [0.3, 0.4) is 0 Å². The Hall–Kier alpha value is -3.81. The van der Waals surface area contributed by atoms with Gasteiger partial charge < -0.3 is 33.2 Å². The lowest BCUT2D eigenvalue weighted by Crippen LogP contribution is -2.12. The zero-order valence-corrected chi connectivity index (χ0v) is 20.1. The van der Waals surface area contributed by atoms with E-state index in [1.165, 1.54) is 13.2 Å². The molecule has 0 N–H and O–H groups in total. The molecule has 1 unspecified atom stereocenters. The Morgan fingerprint density at radius 3 is 2.41 bits per heavy atom. The summed E-state index contributed by atoms with van der Waals surface area (Å²) in [7, 11) is 4.63. The van der Waals surface area contributed by atoms with Crippen molar-refractivity contribution in [3.8, 4) is 40.2 Å². The van der Waals surface area contributed by atoms with Gasteiger partial charge in [0.25, 0.3) is 0 Å². The van der Waals surface area contributed by atoms with E-state index in [4.69, 9.17) is 33.2 Å². The van der Waals surface area contributed by atoms with E-state index in [2.05, 4.69) is 0 Å². The first kappa shape index (κ1) is 23.4. The highest BCUT2D eigenvalue weighted by Crippen LogP contribution is 2.53. The Bertz CT molecular complexity index is 1170. The van der Waals surface area contributed by atoms with Crippen molar-refractivity contribution >= 4 is 11.9 Å². The molecule has 0 bridgehead atoms. The number of allylic oxidation sites excluding steroid dienone is 3. The highest BCUT2D eigenvalue weighted by atomic mass is 16.7. The smallest absolute Gasteiger partial charge is 0.239 e. The second kappa shape index (κ2) is 9.59. The molecule has 2 aliphatic rings. The summed E-state index contributed by atoms with van der Waals surface area (Å²) in [6, 6.07) is 3.56. The Morgan fingerprint density at radius 2 is 1.74 bits per heavy atom. The lowest BCUT2D eigenvalue weighted by molar-refractivity contribution is 0.0657. The lowest BCUT2D eigenvalue weighted by atomic mass is 9.98. The van der Waals surface area contributed by atoms with E-state index in [1.807, 2.05) is 19.9 Å². The number of ether oxygens (including phenoxy) is 7. The maximum atomic E-state index is 13.5. The Balaban J connectivity index is 1.79. The standard InChI is InChI=1S/C26H28O8/c1-14(2)7-9-17-22(29-5)21(25-26(23(17)30-6)34-15(3)33-25)18(27)10-8-16-11-19(28-4)24-20(12-16)31-13-32-24/h7-8,10-12,15H,9,13H2,1-6H3/b10-8+. The molecule has 0 aromatic heterocycles. The maximum Gasteiger partial charge on any atom is 0.239 e. The molecule has 0 aliphatic carbocycles. The third-order valence-corrected chi connectivity index (χ3v) is 5.46. The Labute approximate surface area is 198 Å². The van der Waals surface area contributed by atoms with E-state index in [9.17, 15) is 4.79 Å². The average Bonchev–Trinajstić information content (AvgIpc) is 3.45. The van der Waals surface area contributed by atoms with Gasteiger partial charge in [0.2, 0.25) is 24.6 Å². The van der Waals surface area contributed by atoms with Gasteiger partial charge in [0.15, 0.2) is 28.8 Å². The number of hydrogen-bond donors (Lipinski definition) is 0. The van der Waals surface area contributed by atoms with Gasteiger partial charge in [-0.3, -0.25) is 4.79 Å². The fourth-order valence-corrected chi connectivity index (χ4v) is 3.94. The average molecular weight is 469 g/mol. The van der Waals surface area contributed by atoms with Gasteiger partial charge >= 0.3 is 0 Å². The first-order chi connectivity index (χ1) is 16.4. The van der Waals surface area contributed by atoms with E-state index in [1.54, 1.807) is 39.4 Å². The molecule has 2 aliphatic heterocycles. The van der Waals surface area contributed by atoms with Crippen LogP contribution in [0, 0.1) is 0 Å². The van der Waals surface area contributed by atoms with E-state index >= 15 is 0 Å². The maximum absolute atomic E-state index is 13.5. The van der Waals surface area contributed by atoms with E-state index in [0.717, 1.165) is 5.57 Å². The number of rotatable bonds is 8. The quantitative estimate of drug-likeness (QED) is 0.305. The summed E-state index contributed by atoms with van der Waals surface area (Å²) in [5.74, 6) is 2.92. The third kappa shape index (κ3) is 4.23. The van der Waals surface area contributed by atoms with Crippen LogP contribution in [0.2, 0.25) is 0 Å². The topological polar surface area (TPSA) is 81.7 Å². The Kier molecular flexibility index (Phi) is 6.58. The van der Waals surface area contributed by atoms with Gasteiger partial charge in [0.05, 0.1) is 21.3 Å². The molecule has 0 radical (unpaired) electrons. The summed E-state index contributed by atoms with van der Waals surface area (Å²) in [5.41, 5.74) is 2.83. The number of carbonyl (C=O) groups excluding carboxylic acids is 1. The molecule has 0 saturated heterocycles. The predicted molar refractivity (Wildman–Crippen MR) is 126 cm³/mol. The highest BCUT2D eigenvalue weighted by Gasteiger charge is 2.36. The van der Waals surface area contributed by atoms with Crippen LogP contribution in [0.25, 0.3) is 6.08 Å². The van der Waals surface area contributed by atoms with Crippen LogP contribution >= 0.6 is 0 Å².